The molecule has 1 amide bonds. The van der Waals surface area contributed by atoms with Crippen LogP contribution in [0, 0.1) is 0 Å². The molecule has 1 aromatic rings. The van der Waals surface area contributed by atoms with Crippen LogP contribution >= 0.6 is 0 Å². The van der Waals surface area contributed by atoms with E-state index in [0.717, 1.165) is 0 Å². The quantitative estimate of drug-likeness (QED) is 0.766. The Morgan fingerprint density at radius 1 is 1.29 bits per heavy atom. The van der Waals surface area contributed by atoms with Crippen molar-refractivity contribution in [1.82, 2.24) is 10.2 Å². The van der Waals surface area contributed by atoms with Gasteiger partial charge in [-0.05, 0) is 12.1 Å². The third-order valence-electron chi connectivity index (χ3n) is 2.78. The van der Waals surface area contributed by atoms with E-state index in [2.05, 4.69) is 5.32 Å². The molecule has 5 heteroatoms. The molecule has 0 aliphatic carbocycles. The molecule has 0 radical (unpaired) electrons. The maximum atomic E-state index is 12.1. The molecule has 2 N–H and O–H groups in total. The van der Waals surface area contributed by atoms with E-state index in [9.17, 15) is 9.59 Å². The number of piperazine rings is 1. The normalized spacial score (nSPS) is 20.0. The molecule has 0 aromatic heterocycles. The second-order valence-corrected chi connectivity index (χ2v) is 3.96. The molecule has 2 rings (SSSR count). The molecule has 0 bridgehead atoms. The standard InChI is InChI=1S/C12H14N2O3/c15-11(9-4-2-1-3-5-9)14-7-6-13-10(8-14)12(16)17/h1-5,10,13H,6-8H2,(H,16,17). The number of aliphatic carboxylic acids is 1. The van der Waals surface area contributed by atoms with E-state index in [1.54, 1.807) is 29.2 Å². The lowest BCUT2D eigenvalue weighted by molar-refractivity contribution is -0.140. The highest BCUT2D eigenvalue weighted by molar-refractivity contribution is 5.94. The molecular formula is C12H14N2O3. The maximum absolute atomic E-state index is 12.1. The minimum atomic E-state index is -0.921. The van der Waals surface area contributed by atoms with Gasteiger partial charge in [-0.3, -0.25) is 9.59 Å². The van der Waals surface area contributed by atoms with Crippen molar-refractivity contribution in [2.24, 2.45) is 0 Å². The van der Waals surface area contributed by atoms with Gasteiger partial charge >= 0.3 is 5.97 Å². The smallest absolute Gasteiger partial charge is 0.322 e. The van der Waals surface area contributed by atoms with Crippen molar-refractivity contribution in [3.8, 4) is 0 Å². The minimum absolute atomic E-state index is 0.113. The number of benzene rings is 1. The van der Waals surface area contributed by atoms with Crippen molar-refractivity contribution >= 4 is 11.9 Å². The Balaban J connectivity index is 2.07. The number of carboxylic acid groups (broad SMARTS) is 1. The minimum Gasteiger partial charge on any atom is -0.480 e. The number of carbonyl (C=O) groups excluding carboxylic acids is 1. The molecule has 5 nitrogen and oxygen atoms in total. The van der Waals surface area contributed by atoms with Gasteiger partial charge in [-0.25, -0.2) is 0 Å². The van der Waals surface area contributed by atoms with Gasteiger partial charge in [0.2, 0.25) is 0 Å². The number of carbonyl (C=O) groups is 2. The van der Waals surface area contributed by atoms with Crippen molar-refractivity contribution in [3.05, 3.63) is 35.9 Å². The number of nitrogens with zero attached hydrogens (tertiary/aromatic N) is 1. The highest BCUT2D eigenvalue weighted by Crippen LogP contribution is 2.07. The Morgan fingerprint density at radius 2 is 2.00 bits per heavy atom. The van der Waals surface area contributed by atoms with E-state index in [-0.39, 0.29) is 12.5 Å². The van der Waals surface area contributed by atoms with E-state index in [1.807, 2.05) is 6.07 Å². The molecule has 17 heavy (non-hydrogen) atoms. The third kappa shape index (κ3) is 2.62. The molecule has 1 aromatic carbocycles. The molecule has 1 aliphatic rings. The van der Waals surface area contributed by atoms with Crippen LogP contribution in [0.4, 0.5) is 0 Å². The first-order chi connectivity index (χ1) is 8.18. The zero-order chi connectivity index (χ0) is 12.3. The van der Waals surface area contributed by atoms with Crippen molar-refractivity contribution in [2.75, 3.05) is 19.6 Å². The Kier molecular flexibility index (Phi) is 3.39. The molecule has 1 saturated heterocycles. The number of hydrogen-bond donors (Lipinski definition) is 2. The van der Waals surface area contributed by atoms with Gasteiger partial charge < -0.3 is 15.3 Å². The summed E-state index contributed by atoms with van der Waals surface area (Å²) >= 11 is 0. The van der Waals surface area contributed by atoms with Crippen molar-refractivity contribution in [2.45, 2.75) is 6.04 Å². The zero-order valence-electron chi connectivity index (χ0n) is 9.30. The molecule has 1 aliphatic heterocycles. The van der Waals surface area contributed by atoms with E-state index in [1.165, 1.54) is 0 Å². The predicted octanol–water partition coefficient (Wildman–Crippen LogP) is 0.185. The summed E-state index contributed by atoms with van der Waals surface area (Å²) in [5, 5.41) is 11.8. The number of nitrogens with one attached hydrogen (secondary N) is 1. The summed E-state index contributed by atoms with van der Waals surface area (Å²) < 4.78 is 0. The molecule has 1 heterocycles. The van der Waals surface area contributed by atoms with Crippen LogP contribution in [0.5, 0.6) is 0 Å². The van der Waals surface area contributed by atoms with Gasteiger partial charge in [-0.15, -0.1) is 0 Å². The maximum Gasteiger partial charge on any atom is 0.322 e. The SMILES string of the molecule is O=C(O)C1CN(C(=O)c2ccccc2)CCN1. The van der Waals surface area contributed by atoms with Crippen LogP contribution in [0.1, 0.15) is 10.4 Å². The first kappa shape index (κ1) is 11.6. The fourth-order valence-corrected chi connectivity index (χ4v) is 1.86. The summed E-state index contributed by atoms with van der Waals surface area (Å²) in [6.07, 6.45) is 0. The van der Waals surface area contributed by atoms with E-state index in [4.69, 9.17) is 5.11 Å². The number of rotatable bonds is 2. The Hall–Kier alpha value is -1.88. The van der Waals surface area contributed by atoms with E-state index < -0.39 is 12.0 Å². The lowest BCUT2D eigenvalue weighted by Crippen LogP contribution is -2.55. The Morgan fingerprint density at radius 3 is 2.65 bits per heavy atom. The van der Waals surface area contributed by atoms with Gasteiger partial charge in [-0.1, -0.05) is 18.2 Å². The van der Waals surface area contributed by atoms with E-state index in [0.29, 0.717) is 18.7 Å². The molecule has 0 saturated carbocycles. The number of amides is 1. The summed E-state index contributed by atoms with van der Waals surface area (Å²) in [5.41, 5.74) is 0.596. The Labute approximate surface area is 99.0 Å². The van der Waals surface area contributed by atoms with Crippen molar-refractivity contribution < 1.29 is 14.7 Å². The van der Waals surface area contributed by atoms with Crippen LogP contribution < -0.4 is 5.32 Å². The average molecular weight is 234 g/mol. The summed E-state index contributed by atoms with van der Waals surface area (Å²) in [5.74, 6) is -1.03. The summed E-state index contributed by atoms with van der Waals surface area (Å²) in [7, 11) is 0. The molecule has 1 unspecified atom stereocenters. The lowest BCUT2D eigenvalue weighted by atomic mass is 10.1. The van der Waals surface area contributed by atoms with Gasteiger partial charge in [0, 0.05) is 25.2 Å². The van der Waals surface area contributed by atoms with Crippen LogP contribution in [-0.2, 0) is 4.79 Å². The average Bonchev–Trinajstić information content (AvgIpc) is 2.39. The van der Waals surface area contributed by atoms with Crippen molar-refractivity contribution in [1.29, 1.82) is 0 Å². The fourth-order valence-electron chi connectivity index (χ4n) is 1.86. The van der Waals surface area contributed by atoms with Gasteiger partial charge in [-0.2, -0.15) is 0 Å². The summed E-state index contributed by atoms with van der Waals surface area (Å²) in [6, 6.07) is 8.24. The van der Waals surface area contributed by atoms with Gasteiger partial charge in [0.1, 0.15) is 6.04 Å². The summed E-state index contributed by atoms with van der Waals surface area (Å²) in [4.78, 5) is 24.5. The highest BCUT2D eigenvalue weighted by Gasteiger charge is 2.27. The summed E-state index contributed by atoms with van der Waals surface area (Å²) in [6.45, 7) is 1.26. The van der Waals surface area contributed by atoms with Crippen LogP contribution in [0.3, 0.4) is 0 Å². The van der Waals surface area contributed by atoms with Gasteiger partial charge in [0.15, 0.2) is 0 Å². The predicted molar refractivity (Wildman–Crippen MR) is 61.8 cm³/mol. The molecule has 0 spiro atoms. The molecule has 1 atom stereocenters. The topological polar surface area (TPSA) is 69.6 Å². The first-order valence-corrected chi connectivity index (χ1v) is 5.49. The third-order valence-corrected chi connectivity index (χ3v) is 2.78. The largest absolute Gasteiger partial charge is 0.480 e. The van der Waals surface area contributed by atoms with Crippen LogP contribution in [0.15, 0.2) is 30.3 Å². The zero-order valence-corrected chi connectivity index (χ0v) is 9.30. The second-order valence-electron chi connectivity index (χ2n) is 3.96. The van der Waals surface area contributed by atoms with Crippen LogP contribution in [0.25, 0.3) is 0 Å². The van der Waals surface area contributed by atoms with E-state index >= 15 is 0 Å². The monoisotopic (exact) mass is 234 g/mol. The molecular weight excluding hydrogens is 220 g/mol. The van der Waals surface area contributed by atoms with Gasteiger partial charge in [0.25, 0.3) is 5.91 Å². The number of hydrogen-bond acceptors (Lipinski definition) is 3. The van der Waals surface area contributed by atoms with Crippen LogP contribution in [0.2, 0.25) is 0 Å². The second kappa shape index (κ2) is 4.97. The Bertz CT molecular complexity index is 419. The van der Waals surface area contributed by atoms with Crippen molar-refractivity contribution in [3.63, 3.8) is 0 Å². The fraction of sp³-hybridized carbons (Fsp3) is 0.333. The first-order valence-electron chi connectivity index (χ1n) is 5.49. The molecule has 90 valence electrons. The lowest BCUT2D eigenvalue weighted by Gasteiger charge is -2.31. The number of carboxylic acids is 1. The van der Waals surface area contributed by atoms with Gasteiger partial charge in [0.05, 0.1) is 0 Å². The molecule has 1 fully saturated rings. The van der Waals surface area contributed by atoms with Crippen LogP contribution in [-0.4, -0.2) is 47.6 Å². The highest BCUT2D eigenvalue weighted by atomic mass is 16.4.